The number of carbonyl (C=O) groups excluding carboxylic acids is 2. The molecule has 2 fully saturated rings. The summed E-state index contributed by atoms with van der Waals surface area (Å²) in [6.07, 6.45) is 3.81. The van der Waals surface area contributed by atoms with Crippen LogP contribution in [0.25, 0.3) is 5.70 Å². The Hall–Kier alpha value is -2.75. The largest absolute Gasteiger partial charge is 0.573 e. The van der Waals surface area contributed by atoms with Crippen molar-refractivity contribution in [2.75, 3.05) is 20.1 Å². The molecule has 0 radical (unpaired) electrons. The number of alkyl halides is 3. The third kappa shape index (κ3) is 6.02. The van der Waals surface area contributed by atoms with Gasteiger partial charge >= 0.3 is 6.36 Å². The van der Waals surface area contributed by atoms with Crippen molar-refractivity contribution < 1.29 is 27.5 Å². The molecule has 0 spiro atoms. The van der Waals surface area contributed by atoms with Crippen LogP contribution in [-0.2, 0) is 9.59 Å². The molecule has 186 valence electrons. The highest BCUT2D eigenvalue weighted by Gasteiger charge is 2.35. The standard InChI is InChI=1S/C24H31F3N4O3/c1-30-21(29-23(33)18-13-22(32)28-15-18)14-20(31(30)11-10-16-6-3-2-4-7-16)17-8-5-9-19(12-17)34-24(25,26)27/h5,8-9,12,14,16,18,21H,2-4,6-7,10-11,13,15H2,1H3,(H,28,32)(H,29,33)/t18-,21?/m1/s1. The summed E-state index contributed by atoms with van der Waals surface area (Å²) in [5, 5.41) is 9.56. The monoisotopic (exact) mass is 480 g/mol. The van der Waals surface area contributed by atoms with Crippen LogP contribution < -0.4 is 15.4 Å². The molecule has 1 aliphatic carbocycles. The molecular weight excluding hydrogens is 449 g/mol. The molecule has 1 saturated heterocycles. The van der Waals surface area contributed by atoms with Gasteiger partial charge in [-0.05, 0) is 30.5 Å². The second-order valence-corrected chi connectivity index (χ2v) is 9.28. The number of ether oxygens (including phenoxy) is 1. The Bertz CT molecular complexity index is 930. The summed E-state index contributed by atoms with van der Waals surface area (Å²) in [6.45, 7) is 0.993. The Morgan fingerprint density at radius 2 is 2.00 bits per heavy atom. The van der Waals surface area contributed by atoms with Gasteiger partial charge in [-0.25, -0.2) is 0 Å². The normalized spacial score (nSPS) is 24.2. The van der Waals surface area contributed by atoms with Crippen molar-refractivity contribution in [3.8, 4) is 5.75 Å². The number of nitrogens with zero attached hydrogens (tertiary/aromatic N) is 2. The highest BCUT2D eigenvalue weighted by Crippen LogP contribution is 2.34. The van der Waals surface area contributed by atoms with E-state index in [0.29, 0.717) is 24.6 Å². The number of amides is 2. The van der Waals surface area contributed by atoms with E-state index in [1.807, 2.05) is 23.1 Å². The van der Waals surface area contributed by atoms with Crippen LogP contribution in [0.15, 0.2) is 30.3 Å². The Morgan fingerprint density at radius 1 is 1.24 bits per heavy atom. The summed E-state index contributed by atoms with van der Waals surface area (Å²) in [4.78, 5) is 24.2. The third-order valence-corrected chi connectivity index (χ3v) is 6.85. The van der Waals surface area contributed by atoms with Gasteiger partial charge in [0, 0.05) is 32.1 Å². The SMILES string of the molecule is CN1C(NC(=O)[C@H]2CNC(=O)C2)C=C(c2cccc(OC(F)(F)F)c2)N1CCC1CCCCC1. The molecular formula is C24H31F3N4O3. The van der Waals surface area contributed by atoms with Gasteiger partial charge in [-0.1, -0.05) is 44.2 Å². The number of rotatable bonds is 7. The van der Waals surface area contributed by atoms with Crippen LogP contribution in [0.3, 0.4) is 0 Å². The van der Waals surface area contributed by atoms with E-state index in [-0.39, 0.29) is 24.0 Å². The van der Waals surface area contributed by atoms with E-state index in [1.165, 1.54) is 50.3 Å². The van der Waals surface area contributed by atoms with Gasteiger partial charge in [-0.3, -0.25) is 9.59 Å². The summed E-state index contributed by atoms with van der Waals surface area (Å²) >= 11 is 0. The second kappa shape index (κ2) is 10.2. The second-order valence-electron chi connectivity index (χ2n) is 9.28. The first-order valence-electron chi connectivity index (χ1n) is 11.8. The molecule has 7 nitrogen and oxygen atoms in total. The van der Waals surface area contributed by atoms with E-state index in [9.17, 15) is 22.8 Å². The smallest absolute Gasteiger partial charge is 0.406 e. The molecule has 1 aromatic rings. The number of nitrogens with one attached hydrogen (secondary N) is 2. The maximum Gasteiger partial charge on any atom is 0.573 e. The lowest BCUT2D eigenvalue weighted by atomic mass is 9.87. The Labute approximate surface area is 197 Å². The summed E-state index contributed by atoms with van der Waals surface area (Å²) < 4.78 is 42.4. The van der Waals surface area contributed by atoms with Crippen molar-refractivity contribution in [1.82, 2.24) is 20.7 Å². The molecule has 1 aromatic carbocycles. The van der Waals surface area contributed by atoms with Gasteiger partial charge in [0.2, 0.25) is 11.8 Å². The molecule has 2 amide bonds. The molecule has 2 N–H and O–H groups in total. The Balaban J connectivity index is 1.53. The van der Waals surface area contributed by atoms with Crippen molar-refractivity contribution in [3.63, 3.8) is 0 Å². The van der Waals surface area contributed by atoms with Crippen LogP contribution in [-0.4, -0.2) is 54.5 Å². The zero-order valence-corrected chi connectivity index (χ0v) is 19.2. The minimum absolute atomic E-state index is 0.147. The molecule has 34 heavy (non-hydrogen) atoms. The van der Waals surface area contributed by atoms with Gasteiger partial charge in [-0.15, -0.1) is 13.2 Å². The zero-order valence-electron chi connectivity index (χ0n) is 19.2. The van der Waals surface area contributed by atoms with Crippen molar-refractivity contribution >= 4 is 17.5 Å². The minimum atomic E-state index is -4.77. The fraction of sp³-hybridized carbons (Fsp3) is 0.583. The lowest BCUT2D eigenvalue weighted by Crippen LogP contribution is -2.50. The van der Waals surface area contributed by atoms with Crippen molar-refractivity contribution in [1.29, 1.82) is 0 Å². The molecule has 2 aliphatic heterocycles. The molecule has 0 bridgehead atoms. The van der Waals surface area contributed by atoms with Crippen LogP contribution in [0.5, 0.6) is 5.75 Å². The molecule has 10 heteroatoms. The molecule has 2 atom stereocenters. The number of hydrogen-bond donors (Lipinski definition) is 2. The van der Waals surface area contributed by atoms with E-state index in [0.717, 1.165) is 12.1 Å². The number of hydrogen-bond acceptors (Lipinski definition) is 5. The number of hydrazine groups is 1. The number of likely N-dealkylation sites (N-methyl/N-ethyl adjacent to an activating group) is 1. The van der Waals surface area contributed by atoms with Gasteiger partial charge < -0.3 is 20.4 Å². The first-order valence-corrected chi connectivity index (χ1v) is 11.8. The summed E-state index contributed by atoms with van der Waals surface area (Å²) in [6, 6.07) is 5.90. The summed E-state index contributed by atoms with van der Waals surface area (Å²) in [7, 11) is 1.85. The molecule has 4 rings (SSSR count). The summed E-state index contributed by atoms with van der Waals surface area (Å²) in [5.74, 6) is -0.477. The molecule has 1 unspecified atom stereocenters. The zero-order chi connectivity index (χ0) is 24.3. The van der Waals surface area contributed by atoms with Gasteiger partial charge in [0.15, 0.2) is 0 Å². The fourth-order valence-electron chi connectivity index (χ4n) is 5.01. The molecule has 0 aromatic heterocycles. The maximum atomic E-state index is 12.8. The number of carbonyl (C=O) groups is 2. The Morgan fingerprint density at radius 3 is 2.68 bits per heavy atom. The van der Waals surface area contributed by atoms with Gasteiger partial charge in [0.1, 0.15) is 11.9 Å². The van der Waals surface area contributed by atoms with Crippen molar-refractivity contribution in [3.05, 3.63) is 35.9 Å². The van der Waals surface area contributed by atoms with Crippen LogP contribution >= 0.6 is 0 Å². The molecule has 2 heterocycles. The first kappa shape index (κ1) is 24.4. The van der Waals surface area contributed by atoms with Crippen molar-refractivity contribution in [2.45, 2.75) is 57.5 Å². The average Bonchev–Trinajstić information content (AvgIpc) is 3.36. The van der Waals surface area contributed by atoms with E-state index >= 15 is 0 Å². The highest BCUT2D eigenvalue weighted by atomic mass is 19.4. The first-order chi connectivity index (χ1) is 16.2. The number of halogens is 3. The quantitative estimate of drug-likeness (QED) is 0.624. The predicted molar refractivity (Wildman–Crippen MR) is 120 cm³/mol. The van der Waals surface area contributed by atoms with E-state index in [4.69, 9.17) is 0 Å². The summed E-state index contributed by atoms with van der Waals surface area (Å²) in [5.41, 5.74) is 1.29. The van der Waals surface area contributed by atoms with E-state index < -0.39 is 18.4 Å². The average molecular weight is 481 g/mol. The van der Waals surface area contributed by atoms with E-state index in [1.54, 1.807) is 6.07 Å². The van der Waals surface area contributed by atoms with Gasteiger partial charge in [-0.2, -0.15) is 5.01 Å². The van der Waals surface area contributed by atoms with Crippen LogP contribution in [0, 0.1) is 11.8 Å². The topological polar surface area (TPSA) is 73.9 Å². The lowest BCUT2D eigenvalue weighted by Gasteiger charge is -2.34. The minimum Gasteiger partial charge on any atom is -0.406 e. The third-order valence-electron chi connectivity index (χ3n) is 6.85. The molecule has 1 saturated carbocycles. The van der Waals surface area contributed by atoms with Crippen LogP contribution in [0.1, 0.15) is 50.5 Å². The maximum absolute atomic E-state index is 12.8. The predicted octanol–water partition coefficient (Wildman–Crippen LogP) is 3.64. The number of benzene rings is 1. The lowest BCUT2D eigenvalue weighted by molar-refractivity contribution is -0.274. The fourth-order valence-corrected chi connectivity index (χ4v) is 5.01. The van der Waals surface area contributed by atoms with Crippen LogP contribution in [0.4, 0.5) is 13.2 Å². The van der Waals surface area contributed by atoms with Crippen LogP contribution in [0.2, 0.25) is 0 Å². The van der Waals surface area contributed by atoms with Gasteiger partial charge in [0.05, 0.1) is 11.6 Å². The Kier molecular flexibility index (Phi) is 7.35. The van der Waals surface area contributed by atoms with Gasteiger partial charge in [0.25, 0.3) is 0 Å². The van der Waals surface area contributed by atoms with E-state index in [2.05, 4.69) is 15.4 Å². The van der Waals surface area contributed by atoms with Crippen molar-refractivity contribution in [2.24, 2.45) is 11.8 Å². The molecule has 3 aliphatic rings. The highest BCUT2D eigenvalue weighted by molar-refractivity contribution is 5.89.